The molecular formula is C12H23NO3. The lowest BCUT2D eigenvalue weighted by Crippen LogP contribution is -2.44. The van der Waals surface area contributed by atoms with Gasteiger partial charge in [-0.1, -0.05) is 13.0 Å². The lowest BCUT2D eigenvalue weighted by atomic mass is 10.2. The fourth-order valence-electron chi connectivity index (χ4n) is 1.28. The van der Waals surface area contributed by atoms with Gasteiger partial charge in [-0.05, 0) is 27.2 Å². The number of carbonyl (C=O) groups is 1. The summed E-state index contributed by atoms with van der Waals surface area (Å²) in [7, 11) is 0. The van der Waals surface area contributed by atoms with E-state index in [1.54, 1.807) is 6.08 Å². The predicted octanol–water partition coefficient (Wildman–Crippen LogP) is 2.18. The number of hydrogen-bond acceptors (Lipinski definition) is 3. The molecule has 1 amide bonds. The molecule has 94 valence electrons. The van der Waals surface area contributed by atoms with E-state index in [0.717, 1.165) is 0 Å². The Balaban J connectivity index is 4.63. The summed E-state index contributed by atoms with van der Waals surface area (Å²) in [5, 5.41) is 9.19. The van der Waals surface area contributed by atoms with E-state index in [1.807, 2.05) is 27.7 Å². The van der Waals surface area contributed by atoms with E-state index in [0.29, 0.717) is 13.0 Å². The van der Waals surface area contributed by atoms with Crippen LogP contribution in [0.2, 0.25) is 0 Å². The molecule has 16 heavy (non-hydrogen) atoms. The van der Waals surface area contributed by atoms with Gasteiger partial charge in [-0.2, -0.15) is 0 Å². The Morgan fingerprint density at radius 2 is 2.12 bits per heavy atom. The average molecular weight is 229 g/mol. The van der Waals surface area contributed by atoms with E-state index in [2.05, 4.69) is 6.58 Å². The van der Waals surface area contributed by atoms with Crippen molar-refractivity contribution >= 4 is 6.09 Å². The van der Waals surface area contributed by atoms with Crippen LogP contribution in [0.4, 0.5) is 4.79 Å². The third-order valence-electron chi connectivity index (χ3n) is 2.08. The van der Waals surface area contributed by atoms with Crippen LogP contribution in [0.25, 0.3) is 0 Å². The van der Waals surface area contributed by atoms with Crippen LogP contribution in [0.3, 0.4) is 0 Å². The van der Waals surface area contributed by atoms with Crippen molar-refractivity contribution in [3.05, 3.63) is 12.7 Å². The second-order valence-corrected chi connectivity index (χ2v) is 4.67. The van der Waals surface area contributed by atoms with Gasteiger partial charge in [0.2, 0.25) is 0 Å². The van der Waals surface area contributed by atoms with Gasteiger partial charge in [-0.25, -0.2) is 4.79 Å². The fraction of sp³-hybridized carbons (Fsp3) is 0.750. The van der Waals surface area contributed by atoms with E-state index < -0.39 is 11.7 Å². The minimum atomic E-state index is -0.524. The van der Waals surface area contributed by atoms with E-state index in [9.17, 15) is 9.90 Å². The summed E-state index contributed by atoms with van der Waals surface area (Å²) in [5.41, 5.74) is -0.524. The highest BCUT2D eigenvalue weighted by atomic mass is 16.6. The summed E-state index contributed by atoms with van der Waals surface area (Å²) in [4.78, 5) is 13.4. The summed E-state index contributed by atoms with van der Waals surface area (Å²) in [6.45, 7) is 11.3. The first-order valence-corrected chi connectivity index (χ1v) is 5.57. The molecule has 0 bridgehead atoms. The summed E-state index contributed by atoms with van der Waals surface area (Å²) in [6.07, 6.45) is 1.90. The summed E-state index contributed by atoms with van der Waals surface area (Å²) in [6, 6.07) is -0.215. The molecule has 0 heterocycles. The third kappa shape index (κ3) is 5.16. The Morgan fingerprint density at radius 3 is 2.44 bits per heavy atom. The highest BCUT2D eigenvalue weighted by molar-refractivity contribution is 5.68. The van der Waals surface area contributed by atoms with Crippen LogP contribution < -0.4 is 0 Å². The van der Waals surface area contributed by atoms with Gasteiger partial charge in [0.1, 0.15) is 5.60 Å². The van der Waals surface area contributed by atoms with Crippen molar-refractivity contribution in [2.24, 2.45) is 0 Å². The van der Waals surface area contributed by atoms with Gasteiger partial charge in [0, 0.05) is 6.54 Å². The van der Waals surface area contributed by atoms with E-state index in [1.165, 1.54) is 4.90 Å². The zero-order valence-corrected chi connectivity index (χ0v) is 10.7. The van der Waals surface area contributed by atoms with Crippen LogP contribution in [0, 0.1) is 0 Å². The van der Waals surface area contributed by atoms with Crippen LogP contribution in [-0.2, 0) is 4.74 Å². The topological polar surface area (TPSA) is 49.8 Å². The number of amides is 1. The van der Waals surface area contributed by atoms with Gasteiger partial charge in [0.15, 0.2) is 0 Å². The Morgan fingerprint density at radius 1 is 1.56 bits per heavy atom. The number of ether oxygens (including phenoxy) is 1. The van der Waals surface area contributed by atoms with Gasteiger partial charge in [0.05, 0.1) is 12.6 Å². The Kier molecular flexibility index (Phi) is 6.11. The maximum absolute atomic E-state index is 11.9. The van der Waals surface area contributed by atoms with Crippen molar-refractivity contribution in [1.82, 2.24) is 4.90 Å². The van der Waals surface area contributed by atoms with Crippen LogP contribution in [0.1, 0.15) is 34.1 Å². The Hall–Kier alpha value is -1.03. The summed E-state index contributed by atoms with van der Waals surface area (Å²) < 4.78 is 5.27. The molecule has 0 unspecified atom stereocenters. The number of hydrogen-bond donors (Lipinski definition) is 1. The van der Waals surface area contributed by atoms with Crippen molar-refractivity contribution in [2.45, 2.75) is 45.8 Å². The van der Waals surface area contributed by atoms with Crippen molar-refractivity contribution in [2.75, 3.05) is 13.2 Å². The SMILES string of the molecule is C=CCN(C(=O)OC(C)(C)C)[C@@H](CC)CO. The first kappa shape index (κ1) is 15.0. The maximum atomic E-state index is 11.9. The normalized spacial score (nSPS) is 13.1. The lowest BCUT2D eigenvalue weighted by molar-refractivity contribution is 0.0119. The second-order valence-electron chi connectivity index (χ2n) is 4.67. The van der Waals surface area contributed by atoms with Crippen molar-refractivity contribution < 1.29 is 14.6 Å². The summed E-state index contributed by atoms with van der Waals surface area (Å²) in [5.74, 6) is 0. The van der Waals surface area contributed by atoms with Gasteiger partial charge >= 0.3 is 6.09 Å². The predicted molar refractivity (Wildman–Crippen MR) is 64.3 cm³/mol. The molecule has 0 aromatic heterocycles. The Labute approximate surface area is 97.9 Å². The molecule has 0 aromatic carbocycles. The summed E-state index contributed by atoms with van der Waals surface area (Å²) >= 11 is 0. The van der Waals surface area contributed by atoms with Gasteiger partial charge in [-0.3, -0.25) is 4.90 Å². The Bertz CT molecular complexity index is 229. The highest BCUT2D eigenvalue weighted by Crippen LogP contribution is 2.13. The van der Waals surface area contributed by atoms with Crippen molar-refractivity contribution in [3.8, 4) is 0 Å². The molecular weight excluding hydrogens is 206 g/mol. The quantitative estimate of drug-likeness (QED) is 0.735. The zero-order valence-electron chi connectivity index (χ0n) is 10.7. The molecule has 0 rings (SSSR count). The number of aliphatic hydroxyl groups excluding tert-OH is 1. The molecule has 0 aromatic rings. The number of aliphatic hydroxyl groups is 1. The molecule has 0 saturated carbocycles. The smallest absolute Gasteiger partial charge is 0.410 e. The van der Waals surface area contributed by atoms with E-state index >= 15 is 0 Å². The lowest BCUT2D eigenvalue weighted by Gasteiger charge is -2.31. The van der Waals surface area contributed by atoms with E-state index in [-0.39, 0.29) is 12.6 Å². The van der Waals surface area contributed by atoms with Crippen LogP contribution in [-0.4, -0.2) is 40.9 Å². The molecule has 0 fully saturated rings. The molecule has 0 aliphatic carbocycles. The third-order valence-corrected chi connectivity index (χ3v) is 2.08. The number of rotatable bonds is 5. The first-order chi connectivity index (χ1) is 7.35. The molecule has 4 nitrogen and oxygen atoms in total. The molecule has 0 aliphatic heterocycles. The van der Waals surface area contributed by atoms with Gasteiger partial charge in [0.25, 0.3) is 0 Å². The standard InChI is InChI=1S/C12H23NO3/c1-6-8-13(10(7-2)9-14)11(15)16-12(3,4)5/h6,10,14H,1,7-9H2,2-5H3/t10-/m0/s1. The molecule has 0 saturated heterocycles. The van der Waals surface area contributed by atoms with E-state index in [4.69, 9.17) is 4.74 Å². The molecule has 1 atom stereocenters. The monoisotopic (exact) mass is 229 g/mol. The van der Waals surface area contributed by atoms with Crippen LogP contribution in [0.5, 0.6) is 0 Å². The minimum Gasteiger partial charge on any atom is -0.444 e. The van der Waals surface area contributed by atoms with Crippen LogP contribution in [0.15, 0.2) is 12.7 Å². The fourth-order valence-corrected chi connectivity index (χ4v) is 1.28. The molecule has 0 spiro atoms. The largest absolute Gasteiger partial charge is 0.444 e. The average Bonchev–Trinajstić information content (AvgIpc) is 2.15. The number of carbonyl (C=O) groups excluding carboxylic acids is 1. The van der Waals surface area contributed by atoms with Crippen LogP contribution >= 0.6 is 0 Å². The number of nitrogens with zero attached hydrogens (tertiary/aromatic N) is 1. The van der Waals surface area contributed by atoms with Gasteiger partial charge < -0.3 is 9.84 Å². The van der Waals surface area contributed by atoms with Crippen molar-refractivity contribution in [1.29, 1.82) is 0 Å². The first-order valence-electron chi connectivity index (χ1n) is 5.57. The van der Waals surface area contributed by atoms with Gasteiger partial charge in [-0.15, -0.1) is 6.58 Å². The molecule has 4 heteroatoms. The molecule has 0 radical (unpaired) electrons. The second kappa shape index (κ2) is 6.53. The van der Waals surface area contributed by atoms with Crippen molar-refractivity contribution in [3.63, 3.8) is 0 Å². The minimum absolute atomic E-state index is 0.0659. The molecule has 1 N–H and O–H groups in total. The maximum Gasteiger partial charge on any atom is 0.410 e. The molecule has 0 aliphatic rings. The zero-order chi connectivity index (χ0) is 12.8. The highest BCUT2D eigenvalue weighted by Gasteiger charge is 2.25.